The molecule has 0 heterocycles. The molecule has 0 fully saturated rings. The van der Waals surface area contributed by atoms with Gasteiger partial charge in [0.1, 0.15) is 5.82 Å². The second-order valence-electron chi connectivity index (χ2n) is 5.56. The van der Waals surface area contributed by atoms with Crippen LogP contribution >= 0.6 is 0 Å². The summed E-state index contributed by atoms with van der Waals surface area (Å²) in [5.41, 5.74) is 0.343. The molecule has 0 saturated carbocycles. The third-order valence-electron chi connectivity index (χ3n) is 3.50. The van der Waals surface area contributed by atoms with Crippen LogP contribution in [0.3, 0.4) is 0 Å². The van der Waals surface area contributed by atoms with Gasteiger partial charge in [-0.05, 0) is 44.5 Å². The molecule has 0 aromatic heterocycles. The van der Waals surface area contributed by atoms with Crippen LogP contribution in [-0.4, -0.2) is 21.5 Å². The van der Waals surface area contributed by atoms with Crippen LogP contribution in [-0.2, 0) is 16.6 Å². The molecule has 0 aliphatic rings. The van der Waals surface area contributed by atoms with Gasteiger partial charge in [0.2, 0.25) is 10.0 Å². The van der Waals surface area contributed by atoms with Crippen molar-refractivity contribution in [1.82, 2.24) is 10.0 Å². The molecule has 4 nitrogen and oxygen atoms in total. The van der Waals surface area contributed by atoms with Crippen LogP contribution in [0.5, 0.6) is 0 Å². The number of rotatable bonds is 8. The van der Waals surface area contributed by atoms with Crippen molar-refractivity contribution in [2.24, 2.45) is 5.92 Å². The third-order valence-corrected chi connectivity index (χ3v) is 5.09. The number of sulfonamides is 1. The van der Waals surface area contributed by atoms with Crippen LogP contribution in [0.25, 0.3) is 0 Å². The quantitative estimate of drug-likeness (QED) is 0.775. The lowest BCUT2D eigenvalue weighted by molar-refractivity contribution is 0.445. The van der Waals surface area contributed by atoms with Gasteiger partial charge in [0, 0.05) is 18.2 Å². The highest BCUT2D eigenvalue weighted by Crippen LogP contribution is 2.17. The lowest BCUT2D eigenvalue weighted by Crippen LogP contribution is -2.33. The van der Waals surface area contributed by atoms with Crippen molar-refractivity contribution in [1.29, 1.82) is 0 Å². The van der Waals surface area contributed by atoms with E-state index < -0.39 is 15.8 Å². The van der Waals surface area contributed by atoms with E-state index in [9.17, 15) is 12.8 Å². The van der Waals surface area contributed by atoms with Crippen molar-refractivity contribution in [3.8, 4) is 0 Å². The van der Waals surface area contributed by atoms with Crippen molar-refractivity contribution in [2.45, 2.75) is 51.1 Å². The fourth-order valence-electron chi connectivity index (χ4n) is 2.20. The average molecular weight is 316 g/mol. The minimum Gasteiger partial charge on any atom is -0.316 e. The summed E-state index contributed by atoms with van der Waals surface area (Å²) >= 11 is 0. The van der Waals surface area contributed by atoms with Crippen LogP contribution in [0.15, 0.2) is 23.1 Å². The Morgan fingerprint density at radius 2 is 1.95 bits per heavy atom. The highest BCUT2D eigenvalue weighted by atomic mass is 32.2. The van der Waals surface area contributed by atoms with E-state index in [1.165, 1.54) is 18.2 Å². The topological polar surface area (TPSA) is 58.2 Å². The first-order valence-electron chi connectivity index (χ1n) is 7.25. The minimum absolute atomic E-state index is 0.102. The molecule has 0 radical (unpaired) electrons. The van der Waals surface area contributed by atoms with Crippen LogP contribution in [0.2, 0.25) is 0 Å². The second-order valence-corrected chi connectivity index (χ2v) is 7.27. The molecule has 0 amide bonds. The van der Waals surface area contributed by atoms with Gasteiger partial charge in [-0.25, -0.2) is 17.5 Å². The van der Waals surface area contributed by atoms with E-state index in [2.05, 4.69) is 23.9 Å². The smallest absolute Gasteiger partial charge is 0.240 e. The van der Waals surface area contributed by atoms with Gasteiger partial charge >= 0.3 is 0 Å². The van der Waals surface area contributed by atoms with E-state index in [1.54, 1.807) is 7.05 Å². The van der Waals surface area contributed by atoms with E-state index in [1.807, 2.05) is 6.92 Å². The summed E-state index contributed by atoms with van der Waals surface area (Å²) in [6.45, 7) is 6.31. The molecule has 120 valence electrons. The zero-order chi connectivity index (χ0) is 16.0. The van der Waals surface area contributed by atoms with Crippen molar-refractivity contribution >= 4 is 10.0 Å². The van der Waals surface area contributed by atoms with Crippen molar-refractivity contribution < 1.29 is 12.8 Å². The Kier molecular flexibility index (Phi) is 6.77. The van der Waals surface area contributed by atoms with Gasteiger partial charge in [-0.2, -0.15) is 0 Å². The Labute approximate surface area is 127 Å². The first-order chi connectivity index (χ1) is 9.80. The molecule has 6 heteroatoms. The first-order valence-corrected chi connectivity index (χ1v) is 8.73. The standard InChI is InChI=1S/C15H25FN2O2S/c1-5-11(2)8-12(3)18-21(19,20)14-6-7-15(16)13(9-14)10-17-4/h6-7,9,11-12,17-18H,5,8,10H2,1-4H3. The monoisotopic (exact) mass is 316 g/mol. The molecule has 1 rings (SSSR count). The van der Waals surface area contributed by atoms with Gasteiger partial charge in [0.05, 0.1) is 4.90 Å². The molecule has 0 spiro atoms. The highest BCUT2D eigenvalue weighted by molar-refractivity contribution is 7.89. The molecule has 0 aliphatic heterocycles. The maximum atomic E-state index is 13.6. The zero-order valence-electron chi connectivity index (χ0n) is 13.1. The molecule has 1 aromatic rings. The third kappa shape index (κ3) is 5.37. The fraction of sp³-hybridized carbons (Fsp3) is 0.600. The summed E-state index contributed by atoms with van der Waals surface area (Å²) in [6, 6.07) is 3.72. The predicted molar refractivity (Wildman–Crippen MR) is 83.0 cm³/mol. The molecule has 2 atom stereocenters. The molecule has 2 N–H and O–H groups in total. The summed E-state index contributed by atoms with van der Waals surface area (Å²) in [6.07, 6.45) is 1.79. The van der Waals surface area contributed by atoms with Gasteiger partial charge in [-0.15, -0.1) is 0 Å². The number of nitrogens with one attached hydrogen (secondary N) is 2. The maximum absolute atomic E-state index is 13.6. The van der Waals surface area contributed by atoms with Crippen molar-refractivity contribution in [3.05, 3.63) is 29.6 Å². The molecule has 0 bridgehead atoms. The fourth-order valence-corrected chi connectivity index (χ4v) is 3.50. The summed E-state index contributed by atoms with van der Waals surface area (Å²) in [5.74, 6) is 0.0479. The predicted octanol–water partition coefficient (Wildman–Crippen LogP) is 2.65. The summed E-state index contributed by atoms with van der Waals surface area (Å²) < 4.78 is 40.9. The van der Waals surface area contributed by atoms with Gasteiger partial charge in [0.25, 0.3) is 0 Å². The van der Waals surface area contributed by atoms with Crippen molar-refractivity contribution in [2.75, 3.05) is 7.05 Å². The summed E-state index contributed by atoms with van der Waals surface area (Å²) in [4.78, 5) is 0.102. The van der Waals surface area contributed by atoms with Gasteiger partial charge in [-0.3, -0.25) is 0 Å². The lowest BCUT2D eigenvalue weighted by atomic mass is 10.0. The largest absolute Gasteiger partial charge is 0.316 e. The number of benzene rings is 1. The maximum Gasteiger partial charge on any atom is 0.240 e. The SMILES string of the molecule is CCC(C)CC(C)NS(=O)(=O)c1ccc(F)c(CNC)c1. The van der Waals surface area contributed by atoms with Crippen LogP contribution in [0.4, 0.5) is 4.39 Å². The summed E-state index contributed by atoms with van der Waals surface area (Å²) in [7, 11) is -1.93. The van der Waals surface area contributed by atoms with Crippen LogP contribution < -0.4 is 10.0 Å². The zero-order valence-corrected chi connectivity index (χ0v) is 13.9. The number of hydrogen-bond acceptors (Lipinski definition) is 3. The molecule has 21 heavy (non-hydrogen) atoms. The first kappa shape index (κ1) is 18.1. The van der Waals surface area contributed by atoms with Gasteiger partial charge in [-0.1, -0.05) is 20.3 Å². The molecule has 2 unspecified atom stereocenters. The Morgan fingerprint density at radius 3 is 2.52 bits per heavy atom. The van der Waals surface area contributed by atoms with E-state index in [-0.39, 0.29) is 17.5 Å². The Balaban J connectivity index is 2.90. The minimum atomic E-state index is -3.62. The van der Waals surface area contributed by atoms with E-state index in [0.29, 0.717) is 11.5 Å². The van der Waals surface area contributed by atoms with E-state index >= 15 is 0 Å². The van der Waals surface area contributed by atoms with Gasteiger partial charge < -0.3 is 5.32 Å². The van der Waals surface area contributed by atoms with E-state index in [4.69, 9.17) is 0 Å². The number of halogens is 1. The Bertz CT molecular complexity index is 561. The molecule has 1 aromatic carbocycles. The molecule has 0 aliphatic carbocycles. The normalized spacial score (nSPS) is 14.9. The Morgan fingerprint density at radius 1 is 1.29 bits per heavy atom. The average Bonchev–Trinajstić information content (AvgIpc) is 2.40. The number of hydrogen-bond donors (Lipinski definition) is 2. The highest BCUT2D eigenvalue weighted by Gasteiger charge is 2.19. The lowest BCUT2D eigenvalue weighted by Gasteiger charge is -2.18. The van der Waals surface area contributed by atoms with Crippen LogP contribution in [0, 0.1) is 11.7 Å². The molecular formula is C15H25FN2O2S. The van der Waals surface area contributed by atoms with Gasteiger partial charge in [0.15, 0.2) is 0 Å². The Hall–Kier alpha value is -0.980. The summed E-state index contributed by atoms with van der Waals surface area (Å²) in [5, 5.41) is 2.82. The van der Waals surface area contributed by atoms with Crippen LogP contribution in [0.1, 0.15) is 39.2 Å². The second kappa shape index (κ2) is 7.87. The van der Waals surface area contributed by atoms with Crippen molar-refractivity contribution in [3.63, 3.8) is 0 Å². The molecule has 0 saturated heterocycles. The van der Waals surface area contributed by atoms with E-state index in [0.717, 1.165) is 12.8 Å². The molecular weight excluding hydrogens is 291 g/mol.